The molecule has 1 aromatic carbocycles. The Bertz CT molecular complexity index is 544. The summed E-state index contributed by atoms with van der Waals surface area (Å²) in [6.07, 6.45) is 0. The molecule has 0 aliphatic heterocycles. The van der Waals surface area contributed by atoms with Gasteiger partial charge in [0, 0.05) is 6.07 Å². The van der Waals surface area contributed by atoms with Gasteiger partial charge in [0.2, 0.25) is 11.3 Å². The number of nitrogen functional groups attached to an aromatic ring is 1. The second-order valence-electron chi connectivity index (χ2n) is 2.74. The van der Waals surface area contributed by atoms with Crippen LogP contribution >= 0.6 is 0 Å². The lowest BCUT2D eigenvalue weighted by atomic mass is 10.3. The average molecular weight is 186 g/mol. The highest BCUT2D eigenvalue weighted by molar-refractivity contribution is 5.72. The Hall–Kier alpha value is -2.35. The average Bonchev–Trinajstić information content (AvgIpc) is 2.18. The molecule has 1 aromatic heterocycles. The first kappa shape index (κ1) is 8.26. The molecule has 0 aliphatic carbocycles. The van der Waals surface area contributed by atoms with Crippen molar-refractivity contribution in [1.82, 2.24) is 4.98 Å². The van der Waals surface area contributed by atoms with Crippen LogP contribution < -0.4 is 10.5 Å². The van der Waals surface area contributed by atoms with E-state index in [0.717, 1.165) is 0 Å². The molecule has 5 nitrogen and oxygen atoms in total. The van der Waals surface area contributed by atoms with Crippen LogP contribution in [-0.2, 0) is 0 Å². The van der Waals surface area contributed by atoms with E-state index in [9.17, 15) is 5.21 Å². The first-order chi connectivity index (χ1) is 6.74. The molecule has 0 radical (unpaired) electrons. The summed E-state index contributed by atoms with van der Waals surface area (Å²) in [5.74, 6) is -0.0406. The van der Waals surface area contributed by atoms with Crippen molar-refractivity contribution < 1.29 is 4.73 Å². The SMILES string of the molecule is N#Cc1c(N)nc2ccccc2[n+]1[O-]. The minimum Gasteiger partial charge on any atom is -0.617 e. The molecule has 2 rings (SSSR count). The van der Waals surface area contributed by atoms with Gasteiger partial charge >= 0.3 is 5.69 Å². The van der Waals surface area contributed by atoms with E-state index < -0.39 is 0 Å². The molecule has 5 heteroatoms. The highest BCUT2D eigenvalue weighted by Crippen LogP contribution is 2.10. The molecule has 0 saturated heterocycles. The molecule has 0 bridgehead atoms. The molecule has 0 fully saturated rings. The number of aromatic nitrogens is 2. The van der Waals surface area contributed by atoms with E-state index >= 15 is 0 Å². The summed E-state index contributed by atoms with van der Waals surface area (Å²) in [5.41, 5.74) is 6.11. The monoisotopic (exact) mass is 186 g/mol. The number of nitrogens with zero attached hydrogens (tertiary/aromatic N) is 3. The van der Waals surface area contributed by atoms with Crippen molar-refractivity contribution >= 4 is 16.9 Å². The molecular weight excluding hydrogens is 180 g/mol. The lowest BCUT2D eigenvalue weighted by Gasteiger charge is -2.03. The van der Waals surface area contributed by atoms with Gasteiger partial charge in [-0.15, -0.1) is 0 Å². The quantitative estimate of drug-likeness (QED) is 0.474. The van der Waals surface area contributed by atoms with Crippen molar-refractivity contribution in [1.29, 1.82) is 5.26 Å². The number of hydrogen-bond donors (Lipinski definition) is 1. The summed E-state index contributed by atoms with van der Waals surface area (Å²) in [7, 11) is 0. The van der Waals surface area contributed by atoms with Crippen LogP contribution in [0.5, 0.6) is 0 Å². The van der Waals surface area contributed by atoms with Gasteiger partial charge in [0.1, 0.15) is 5.52 Å². The highest BCUT2D eigenvalue weighted by Gasteiger charge is 2.15. The van der Waals surface area contributed by atoms with Crippen LogP contribution in [0.2, 0.25) is 0 Å². The maximum absolute atomic E-state index is 11.6. The number of hydrogen-bond acceptors (Lipinski definition) is 4. The first-order valence-corrected chi connectivity index (χ1v) is 3.92. The Morgan fingerprint density at radius 2 is 2.14 bits per heavy atom. The van der Waals surface area contributed by atoms with Gasteiger partial charge in [0.15, 0.2) is 6.07 Å². The predicted molar refractivity (Wildman–Crippen MR) is 49.8 cm³/mol. The number of benzene rings is 1. The van der Waals surface area contributed by atoms with Gasteiger partial charge in [0.05, 0.1) is 0 Å². The number of anilines is 1. The zero-order valence-corrected chi connectivity index (χ0v) is 7.14. The van der Waals surface area contributed by atoms with E-state index in [-0.39, 0.29) is 11.5 Å². The lowest BCUT2D eigenvalue weighted by Crippen LogP contribution is -2.33. The minimum atomic E-state index is -0.163. The van der Waals surface area contributed by atoms with E-state index in [1.807, 2.05) is 0 Å². The maximum atomic E-state index is 11.6. The van der Waals surface area contributed by atoms with Crippen LogP contribution in [0.25, 0.3) is 11.0 Å². The van der Waals surface area contributed by atoms with Gasteiger partial charge in [-0.2, -0.15) is 9.99 Å². The van der Waals surface area contributed by atoms with Gasteiger partial charge in [-0.25, -0.2) is 4.98 Å². The summed E-state index contributed by atoms with van der Waals surface area (Å²) < 4.78 is 0.498. The molecular formula is C9H6N4O. The summed E-state index contributed by atoms with van der Waals surface area (Å²) >= 11 is 0. The summed E-state index contributed by atoms with van der Waals surface area (Å²) in [4.78, 5) is 3.94. The second-order valence-corrected chi connectivity index (χ2v) is 2.74. The topological polar surface area (TPSA) is 89.6 Å². The highest BCUT2D eigenvalue weighted by atomic mass is 16.5. The fourth-order valence-electron chi connectivity index (χ4n) is 1.24. The van der Waals surface area contributed by atoms with Crippen molar-refractivity contribution in [3.05, 3.63) is 35.2 Å². The molecule has 0 saturated carbocycles. The maximum Gasteiger partial charge on any atom is 0.337 e. The molecule has 0 spiro atoms. The Morgan fingerprint density at radius 1 is 1.43 bits per heavy atom. The molecule has 68 valence electrons. The summed E-state index contributed by atoms with van der Waals surface area (Å²) in [5, 5.41) is 20.2. The Labute approximate surface area is 79.6 Å². The smallest absolute Gasteiger partial charge is 0.337 e. The fourth-order valence-corrected chi connectivity index (χ4v) is 1.24. The molecule has 14 heavy (non-hydrogen) atoms. The van der Waals surface area contributed by atoms with Gasteiger partial charge in [0.25, 0.3) is 0 Å². The molecule has 1 heterocycles. The van der Waals surface area contributed by atoms with E-state index in [1.165, 1.54) is 0 Å². The van der Waals surface area contributed by atoms with E-state index in [4.69, 9.17) is 11.0 Å². The normalized spacial score (nSPS) is 9.93. The van der Waals surface area contributed by atoms with E-state index in [0.29, 0.717) is 15.8 Å². The third kappa shape index (κ3) is 1.02. The fraction of sp³-hybridized carbons (Fsp3) is 0. The lowest BCUT2D eigenvalue weighted by molar-refractivity contribution is -0.579. The van der Waals surface area contributed by atoms with Crippen LogP contribution in [0.4, 0.5) is 5.82 Å². The van der Waals surface area contributed by atoms with Crippen LogP contribution in [0.3, 0.4) is 0 Å². The third-order valence-corrected chi connectivity index (χ3v) is 1.89. The Balaban J connectivity index is 2.95. The van der Waals surface area contributed by atoms with Crippen molar-refractivity contribution in [2.45, 2.75) is 0 Å². The number of nitrogens with two attached hydrogens (primary N) is 1. The van der Waals surface area contributed by atoms with Crippen LogP contribution in [0.1, 0.15) is 5.69 Å². The molecule has 0 unspecified atom stereocenters. The second kappa shape index (κ2) is 2.85. The van der Waals surface area contributed by atoms with Gasteiger partial charge < -0.3 is 10.9 Å². The number of rotatable bonds is 0. The number of nitriles is 1. The largest absolute Gasteiger partial charge is 0.617 e. The number of para-hydroxylation sites is 2. The third-order valence-electron chi connectivity index (χ3n) is 1.89. The van der Waals surface area contributed by atoms with Crippen molar-refractivity contribution in [2.24, 2.45) is 0 Å². The summed E-state index contributed by atoms with van der Waals surface area (Å²) in [6, 6.07) is 8.43. The van der Waals surface area contributed by atoms with E-state index in [1.54, 1.807) is 30.3 Å². The molecule has 0 amide bonds. The van der Waals surface area contributed by atoms with E-state index in [2.05, 4.69) is 4.98 Å². The van der Waals surface area contributed by atoms with Gasteiger partial charge in [-0.05, 0) is 6.07 Å². The Kier molecular flexibility index (Phi) is 1.68. The molecule has 0 aliphatic rings. The van der Waals surface area contributed by atoms with Crippen molar-refractivity contribution in [3.63, 3.8) is 0 Å². The minimum absolute atomic E-state index is 0.0406. The first-order valence-electron chi connectivity index (χ1n) is 3.92. The predicted octanol–water partition coefficient (Wildman–Crippen LogP) is 0.322. The molecule has 0 atom stereocenters. The van der Waals surface area contributed by atoms with Crippen LogP contribution in [0, 0.1) is 16.5 Å². The Morgan fingerprint density at radius 3 is 2.86 bits per heavy atom. The van der Waals surface area contributed by atoms with Crippen molar-refractivity contribution in [3.8, 4) is 6.07 Å². The summed E-state index contributed by atoms with van der Waals surface area (Å²) in [6.45, 7) is 0. The zero-order valence-electron chi connectivity index (χ0n) is 7.14. The standard InChI is InChI=1S/C9H6N4O/c10-5-8-9(11)12-6-3-1-2-4-7(6)13(8)14/h1-4H,(H2,11,12). The molecule has 2 aromatic rings. The molecule has 2 N–H and O–H groups in total. The van der Waals surface area contributed by atoms with Crippen LogP contribution in [-0.4, -0.2) is 4.98 Å². The van der Waals surface area contributed by atoms with Crippen molar-refractivity contribution in [2.75, 3.05) is 5.73 Å². The zero-order chi connectivity index (χ0) is 10.1. The van der Waals surface area contributed by atoms with Crippen LogP contribution in [0.15, 0.2) is 24.3 Å². The van der Waals surface area contributed by atoms with Gasteiger partial charge in [-0.3, -0.25) is 0 Å². The number of fused-ring (bicyclic) bond motifs is 1. The van der Waals surface area contributed by atoms with Gasteiger partial charge in [-0.1, -0.05) is 12.1 Å².